The number of aromatic nitrogens is 1. The molecular formula is C20H16FN3Na2O5S. The van der Waals surface area contributed by atoms with Crippen LogP contribution >= 0.6 is 11.3 Å². The molecule has 156 valence electrons. The number of anilines is 1. The molecule has 0 fully saturated rings. The number of carboxylic acids is 1. The molecule has 0 aliphatic rings. The third kappa shape index (κ3) is 7.17. The summed E-state index contributed by atoms with van der Waals surface area (Å²) >= 11 is 1.17. The van der Waals surface area contributed by atoms with Crippen molar-refractivity contribution in [2.24, 2.45) is 7.05 Å². The Labute approximate surface area is 231 Å². The predicted octanol–water partition coefficient (Wildman–Crippen LogP) is -4.66. The van der Waals surface area contributed by atoms with Crippen LogP contribution < -0.4 is 85.5 Å². The van der Waals surface area contributed by atoms with Crippen LogP contribution in [0.2, 0.25) is 0 Å². The van der Waals surface area contributed by atoms with Crippen LogP contribution in [0.5, 0.6) is 5.75 Å². The Morgan fingerprint density at radius 3 is 2.56 bits per heavy atom. The molecule has 2 heterocycles. The molecule has 0 aliphatic heterocycles. The molecule has 32 heavy (non-hydrogen) atoms. The number of carbonyl (C=O) groups is 2. The molecule has 8 nitrogen and oxygen atoms in total. The van der Waals surface area contributed by atoms with E-state index in [1.807, 2.05) is 0 Å². The van der Waals surface area contributed by atoms with E-state index in [1.54, 1.807) is 24.3 Å². The molecule has 3 rings (SSSR count). The summed E-state index contributed by atoms with van der Waals surface area (Å²) in [5, 5.41) is 27.7. The zero-order valence-electron chi connectivity index (χ0n) is 17.7. The molecule has 0 bridgehead atoms. The number of hydrogen-bond donors (Lipinski definition) is 2. The zero-order chi connectivity index (χ0) is 21.8. The first kappa shape index (κ1) is 28.4. The van der Waals surface area contributed by atoms with Crippen molar-refractivity contribution in [3.8, 4) is 16.2 Å². The second kappa shape index (κ2) is 12.5. The van der Waals surface area contributed by atoms with Gasteiger partial charge in [0, 0.05) is 35.4 Å². The van der Waals surface area contributed by atoms with Crippen molar-refractivity contribution in [2.75, 3.05) is 5.32 Å². The summed E-state index contributed by atoms with van der Waals surface area (Å²) < 4.78 is 14.6. The number of amides is 2. The summed E-state index contributed by atoms with van der Waals surface area (Å²) in [6.45, 7) is 0. The topological polar surface area (TPSA) is 126 Å². The van der Waals surface area contributed by atoms with Crippen LogP contribution in [-0.4, -0.2) is 16.6 Å². The maximum Gasteiger partial charge on any atom is 1.00 e. The number of rotatable bonds is 6. The third-order valence-corrected chi connectivity index (χ3v) is 5.47. The summed E-state index contributed by atoms with van der Waals surface area (Å²) in [4.78, 5) is 36.7. The minimum atomic E-state index is -1.40. The average Bonchev–Trinajstić information content (AvgIpc) is 3.18. The van der Waals surface area contributed by atoms with Gasteiger partial charge in [-0.2, -0.15) is 0 Å². The van der Waals surface area contributed by atoms with Gasteiger partial charge < -0.3 is 30.2 Å². The van der Waals surface area contributed by atoms with Crippen molar-refractivity contribution in [1.29, 1.82) is 0 Å². The van der Waals surface area contributed by atoms with Gasteiger partial charge >= 0.3 is 65.1 Å². The smallest absolute Gasteiger partial charge is 0.871 e. The summed E-state index contributed by atoms with van der Waals surface area (Å²) in [7, 11) is 1.42. The number of nitrogens with zero attached hydrogens (tertiary/aromatic N) is 1. The van der Waals surface area contributed by atoms with E-state index in [4.69, 9.17) is 0 Å². The summed E-state index contributed by atoms with van der Waals surface area (Å²) in [6.07, 6.45) is 0.736. The van der Waals surface area contributed by atoms with Crippen LogP contribution in [0, 0.1) is 5.82 Å². The van der Waals surface area contributed by atoms with E-state index >= 15 is 0 Å². The monoisotopic (exact) mass is 475 g/mol. The Morgan fingerprint density at radius 2 is 1.91 bits per heavy atom. The molecule has 2 N–H and O–H groups in total. The molecule has 0 saturated carbocycles. The second-order valence-electron chi connectivity index (χ2n) is 6.41. The van der Waals surface area contributed by atoms with E-state index in [-0.39, 0.29) is 59.1 Å². The second-order valence-corrected chi connectivity index (χ2v) is 7.53. The molecule has 3 aromatic rings. The molecule has 2 aromatic heterocycles. The minimum Gasteiger partial charge on any atom is -0.871 e. The van der Waals surface area contributed by atoms with Crippen LogP contribution in [0.4, 0.5) is 14.9 Å². The van der Waals surface area contributed by atoms with Crippen molar-refractivity contribution >= 4 is 29.0 Å². The maximum atomic E-state index is 13.5. The Morgan fingerprint density at radius 1 is 1.19 bits per heavy atom. The molecule has 1 atom stereocenters. The first-order valence-corrected chi connectivity index (χ1v) is 9.56. The van der Waals surface area contributed by atoms with Gasteiger partial charge in [0.25, 0.3) is 5.56 Å². The SMILES string of the molecule is Cn1ccc([O-])c(NC(=O)N[C@@H](CC(=O)[O-])c2ccc(-c3cccc(F)c3)s2)c1=O.[Na+].[Na+]. The number of nitrogens with one attached hydrogen (secondary N) is 2. The van der Waals surface area contributed by atoms with Crippen LogP contribution in [0.25, 0.3) is 10.4 Å². The number of benzene rings is 1. The fourth-order valence-electron chi connectivity index (χ4n) is 2.76. The van der Waals surface area contributed by atoms with Gasteiger partial charge in [-0.3, -0.25) is 4.79 Å². The van der Waals surface area contributed by atoms with Gasteiger partial charge in [-0.1, -0.05) is 23.9 Å². The van der Waals surface area contributed by atoms with Gasteiger partial charge in [-0.05, 0) is 29.8 Å². The molecule has 0 spiro atoms. The van der Waals surface area contributed by atoms with Crippen molar-refractivity contribution in [1.82, 2.24) is 9.88 Å². The molecule has 0 unspecified atom stereocenters. The van der Waals surface area contributed by atoms with Gasteiger partial charge in [-0.25, -0.2) is 9.18 Å². The normalized spacial score (nSPS) is 10.9. The number of thiophene rings is 1. The van der Waals surface area contributed by atoms with E-state index in [0.717, 1.165) is 10.6 Å². The molecular weight excluding hydrogens is 459 g/mol. The predicted molar refractivity (Wildman–Crippen MR) is 105 cm³/mol. The number of aliphatic carboxylic acids is 1. The largest absolute Gasteiger partial charge is 1.00 e. The molecule has 1 aromatic carbocycles. The van der Waals surface area contributed by atoms with Crippen molar-refractivity contribution in [2.45, 2.75) is 12.5 Å². The van der Waals surface area contributed by atoms with Gasteiger partial charge in [0.1, 0.15) is 11.5 Å². The van der Waals surface area contributed by atoms with Crippen molar-refractivity contribution in [3.63, 3.8) is 0 Å². The van der Waals surface area contributed by atoms with Crippen LogP contribution in [-0.2, 0) is 11.8 Å². The van der Waals surface area contributed by atoms with Gasteiger partial charge in [0.2, 0.25) is 0 Å². The Kier molecular flexibility index (Phi) is 11.1. The number of carboxylic acid groups (broad SMARTS) is 1. The quantitative estimate of drug-likeness (QED) is 0.347. The van der Waals surface area contributed by atoms with Gasteiger partial charge in [0.15, 0.2) is 0 Å². The minimum absolute atomic E-state index is 0. The Bertz CT molecular complexity index is 1170. The van der Waals surface area contributed by atoms with Crippen molar-refractivity contribution < 1.29 is 83.3 Å². The standard InChI is InChI=1S/C20H18FN3O5S.2Na/c1-24-8-7-14(25)18(19(24)28)23-20(29)22-13(10-17(26)27)16-6-5-15(30-16)11-3-2-4-12(21)9-11;;/h2-9,13,25H,10H2,1H3,(H,26,27)(H2,22,23,29);;/q;2*+1/p-2/t13-;;/m0../s1. The van der Waals surface area contributed by atoms with E-state index < -0.39 is 47.3 Å². The van der Waals surface area contributed by atoms with E-state index in [1.165, 1.54) is 36.7 Å². The zero-order valence-corrected chi connectivity index (χ0v) is 22.5. The molecule has 0 saturated heterocycles. The van der Waals surface area contributed by atoms with Crippen molar-refractivity contribution in [3.05, 3.63) is 69.7 Å². The molecule has 2 amide bonds. The fraction of sp³-hybridized carbons (Fsp3) is 0.150. The first-order valence-electron chi connectivity index (χ1n) is 8.74. The van der Waals surface area contributed by atoms with Gasteiger partial charge in [-0.15, -0.1) is 11.3 Å². The number of pyridine rings is 1. The number of halogens is 1. The number of hydrogen-bond acceptors (Lipinski definition) is 6. The summed E-state index contributed by atoms with van der Waals surface area (Å²) in [5.74, 6) is -2.49. The molecule has 12 heteroatoms. The van der Waals surface area contributed by atoms with Crippen LogP contribution in [0.15, 0.2) is 53.5 Å². The molecule has 0 aliphatic carbocycles. The number of urea groups is 1. The van der Waals surface area contributed by atoms with Gasteiger partial charge in [0.05, 0.1) is 6.04 Å². The average molecular weight is 475 g/mol. The number of aryl methyl sites for hydroxylation is 1. The Hall–Kier alpha value is -1.66. The maximum absolute atomic E-state index is 13.5. The van der Waals surface area contributed by atoms with E-state index in [0.29, 0.717) is 15.3 Å². The molecule has 0 radical (unpaired) electrons. The van der Waals surface area contributed by atoms with E-state index in [2.05, 4.69) is 10.6 Å². The summed E-state index contributed by atoms with van der Waals surface area (Å²) in [6, 6.07) is 8.42. The fourth-order valence-corrected chi connectivity index (χ4v) is 3.82. The first-order chi connectivity index (χ1) is 14.2. The number of carbonyl (C=O) groups excluding carboxylic acids is 2. The van der Waals surface area contributed by atoms with Crippen LogP contribution in [0.1, 0.15) is 17.3 Å². The third-order valence-electron chi connectivity index (χ3n) is 4.22. The summed E-state index contributed by atoms with van der Waals surface area (Å²) in [5.41, 5.74) is -0.540. The van der Waals surface area contributed by atoms with E-state index in [9.17, 15) is 29.0 Å². The van der Waals surface area contributed by atoms with Crippen LogP contribution in [0.3, 0.4) is 0 Å². The Balaban J connectivity index is 0.00000256.